The Bertz CT molecular complexity index is 1240. The molecule has 1 N–H and O–H groups in total. The SMILES string of the molecule is CCCCc1c(Cl)n(CCCC)c(=O)n1Cc1ccc(-c2ccccc2-c2nnn[nH]2)cc1. The van der Waals surface area contributed by atoms with Crippen molar-refractivity contribution in [1.29, 1.82) is 0 Å². The summed E-state index contributed by atoms with van der Waals surface area (Å²) in [4.78, 5) is 13.2. The van der Waals surface area contributed by atoms with E-state index in [1.807, 2.05) is 28.8 Å². The molecule has 172 valence electrons. The van der Waals surface area contributed by atoms with Crippen LogP contribution in [0, 0.1) is 0 Å². The number of H-pyrrole nitrogens is 1. The number of imidazole rings is 1. The van der Waals surface area contributed by atoms with Crippen LogP contribution in [0.5, 0.6) is 0 Å². The van der Waals surface area contributed by atoms with Crippen molar-refractivity contribution in [2.24, 2.45) is 0 Å². The van der Waals surface area contributed by atoms with E-state index < -0.39 is 0 Å². The molecule has 0 atom stereocenters. The number of nitrogens with zero attached hydrogens (tertiary/aromatic N) is 5. The van der Waals surface area contributed by atoms with Gasteiger partial charge in [-0.05, 0) is 46.4 Å². The van der Waals surface area contributed by atoms with Crippen LogP contribution in [0.1, 0.15) is 50.8 Å². The molecule has 8 heteroatoms. The van der Waals surface area contributed by atoms with Crippen LogP contribution < -0.4 is 5.69 Å². The van der Waals surface area contributed by atoms with Crippen molar-refractivity contribution in [2.45, 2.75) is 59.0 Å². The highest BCUT2D eigenvalue weighted by Gasteiger charge is 2.18. The van der Waals surface area contributed by atoms with Gasteiger partial charge in [0.2, 0.25) is 0 Å². The highest BCUT2D eigenvalue weighted by atomic mass is 35.5. The lowest BCUT2D eigenvalue weighted by molar-refractivity contribution is 0.592. The first kappa shape index (κ1) is 23.0. The molecule has 0 saturated heterocycles. The Morgan fingerprint density at radius 3 is 2.33 bits per heavy atom. The van der Waals surface area contributed by atoms with Crippen LogP contribution in [0.4, 0.5) is 0 Å². The second-order valence-electron chi connectivity index (χ2n) is 8.21. The topological polar surface area (TPSA) is 81.4 Å². The van der Waals surface area contributed by atoms with E-state index in [0.29, 0.717) is 24.1 Å². The van der Waals surface area contributed by atoms with Gasteiger partial charge in [0.25, 0.3) is 0 Å². The van der Waals surface area contributed by atoms with Gasteiger partial charge in [0.1, 0.15) is 5.15 Å². The molecule has 4 rings (SSSR count). The Kier molecular flexibility index (Phi) is 7.40. The Hall–Kier alpha value is -3.19. The molecule has 0 fully saturated rings. The number of rotatable bonds is 10. The molecule has 2 aromatic carbocycles. The van der Waals surface area contributed by atoms with Crippen molar-refractivity contribution >= 4 is 11.6 Å². The van der Waals surface area contributed by atoms with E-state index in [1.165, 1.54) is 0 Å². The normalized spacial score (nSPS) is 11.2. The number of unbranched alkanes of at least 4 members (excludes halogenated alkanes) is 2. The van der Waals surface area contributed by atoms with Gasteiger partial charge in [-0.2, -0.15) is 0 Å². The van der Waals surface area contributed by atoms with Crippen molar-refractivity contribution in [2.75, 3.05) is 0 Å². The predicted octanol–water partition coefficient (Wildman–Crippen LogP) is 5.34. The molecule has 0 amide bonds. The summed E-state index contributed by atoms with van der Waals surface area (Å²) in [6.07, 6.45) is 4.82. The molecule has 0 spiro atoms. The number of halogens is 1. The maximum absolute atomic E-state index is 13.2. The maximum Gasteiger partial charge on any atom is 0.329 e. The van der Waals surface area contributed by atoms with Crippen molar-refractivity contribution in [3.8, 4) is 22.5 Å². The molecule has 0 aliphatic carbocycles. The summed E-state index contributed by atoms with van der Waals surface area (Å²) >= 11 is 6.67. The van der Waals surface area contributed by atoms with Crippen molar-refractivity contribution in [1.82, 2.24) is 29.8 Å². The van der Waals surface area contributed by atoms with Crippen LogP contribution in [0.25, 0.3) is 22.5 Å². The van der Waals surface area contributed by atoms with Gasteiger partial charge in [0.15, 0.2) is 5.82 Å². The number of nitrogens with one attached hydrogen (secondary N) is 1. The van der Waals surface area contributed by atoms with Crippen molar-refractivity contribution in [3.05, 3.63) is 75.4 Å². The second-order valence-corrected chi connectivity index (χ2v) is 8.57. The fraction of sp³-hybridized carbons (Fsp3) is 0.360. The minimum absolute atomic E-state index is 0.0215. The van der Waals surface area contributed by atoms with Crippen molar-refractivity contribution in [3.63, 3.8) is 0 Å². The number of hydrogen-bond donors (Lipinski definition) is 1. The summed E-state index contributed by atoms with van der Waals surface area (Å²) < 4.78 is 3.57. The molecule has 2 heterocycles. The minimum atomic E-state index is -0.0215. The average molecular weight is 465 g/mol. The summed E-state index contributed by atoms with van der Waals surface area (Å²) in [6.45, 7) is 5.43. The fourth-order valence-corrected chi connectivity index (χ4v) is 4.41. The molecule has 7 nitrogen and oxygen atoms in total. The lowest BCUT2D eigenvalue weighted by Gasteiger charge is -2.10. The number of aromatic nitrogens is 6. The number of hydrogen-bond acceptors (Lipinski definition) is 4. The molecular formula is C25H29ClN6O. The molecular weight excluding hydrogens is 436 g/mol. The lowest BCUT2D eigenvalue weighted by Crippen LogP contribution is -2.25. The smallest absolute Gasteiger partial charge is 0.290 e. The van der Waals surface area contributed by atoms with Gasteiger partial charge in [-0.3, -0.25) is 9.13 Å². The summed E-state index contributed by atoms with van der Waals surface area (Å²) in [5.41, 5.74) is 5.01. The molecule has 0 aliphatic heterocycles. The van der Waals surface area contributed by atoms with E-state index in [4.69, 9.17) is 11.6 Å². The first-order valence-corrected chi connectivity index (χ1v) is 11.9. The third kappa shape index (κ3) is 4.93. The van der Waals surface area contributed by atoms with Gasteiger partial charge in [-0.1, -0.05) is 86.8 Å². The third-order valence-corrected chi connectivity index (χ3v) is 6.32. The molecule has 33 heavy (non-hydrogen) atoms. The molecule has 0 unspecified atom stereocenters. The zero-order valence-corrected chi connectivity index (χ0v) is 19.8. The zero-order chi connectivity index (χ0) is 23.2. The Morgan fingerprint density at radius 2 is 1.67 bits per heavy atom. The molecule has 0 saturated carbocycles. The van der Waals surface area contributed by atoms with E-state index >= 15 is 0 Å². The van der Waals surface area contributed by atoms with Gasteiger partial charge >= 0.3 is 5.69 Å². The Balaban J connectivity index is 1.64. The van der Waals surface area contributed by atoms with Gasteiger partial charge in [-0.25, -0.2) is 9.89 Å². The molecule has 4 aromatic rings. The molecule has 0 bridgehead atoms. The predicted molar refractivity (Wildman–Crippen MR) is 131 cm³/mol. The molecule has 0 radical (unpaired) electrons. The van der Waals surface area contributed by atoms with Gasteiger partial charge in [0.05, 0.1) is 12.2 Å². The highest BCUT2D eigenvalue weighted by Crippen LogP contribution is 2.30. The first-order chi connectivity index (χ1) is 16.1. The largest absolute Gasteiger partial charge is 0.329 e. The van der Waals surface area contributed by atoms with Crippen molar-refractivity contribution < 1.29 is 0 Å². The number of aromatic amines is 1. The summed E-state index contributed by atoms with van der Waals surface area (Å²) in [5, 5.41) is 14.9. The van der Waals surface area contributed by atoms with Gasteiger partial charge < -0.3 is 0 Å². The minimum Gasteiger partial charge on any atom is -0.290 e. The Morgan fingerprint density at radius 1 is 0.939 bits per heavy atom. The summed E-state index contributed by atoms with van der Waals surface area (Å²) in [7, 11) is 0. The monoisotopic (exact) mass is 464 g/mol. The van der Waals surface area contributed by atoms with Gasteiger partial charge in [0, 0.05) is 12.1 Å². The van der Waals surface area contributed by atoms with Crippen LogP contribution in [-0.2, 0) is 19.5 Å². The molecule has 2 aromatic heterocycles. The number of tetrazole rings is 1. The highest BCUT2D eigenvalue weighted by molar-refractivity contribution is 6.30. The van der Waals surface area contributed by atoms with E-state index in [2.05, 4.69) is 58.7 Å². The maximum atomic E-state index is 13.2. The second kappa shape index (κ2) is 10.6. The van der Waals surface area contributed by atoms with E-state index in [-0.39, 0.29) is 5.69 Å². The Labute approximate surface area is 198 Å². The summed E-state index contributed by atoms with van der Waals surface area (Å²) in [6, 6.07) is 16.3. The third-order valence-electron chi connectivity index (χ3n) is 5.90. The first-order valence-electron chi connectivity index (χ1n) is 11.5. The van der Waals surface area contributed by atoms with Crippen LogP contribution in [0.3, 0.4) is 0 Å². The van der Waals surface area contributed by atoms with E-state index in [9.17, 15) is 4.79 Å². The summed E-state index contributed by atoms with van der Waals surface area (Å²) in [5.74, 6) is 0.629. The fourth-order valence-electron chi connectivity index (χ4n) is 4.05. The zero-order valence-electron chi connectivity index (χ0n) is 19.1. The lowest BCUT2D eigenvalue weighted by atomic mass is 9.98. The quantitative estimate of drug-likeness (QED) is 0.343. The van der Waals surface area contributed by atoms with E-state index in [1.54, 1.807) is 4.57 Å². The van der Waals surface area contributed by atoms with E-state index in [0.717, 1.165) is 60.1 Å². The van der Waals surface area contributed by atoms with Crippen LogP contribution >= 0.6 is 11.6 Å². The van der Waals surface area contributed by atoms with Crippen LogP contribution in [0.2, 0.25) is 5.15 Å². The molecule has 0 aliphatic rings. The van der Waals surface area contributed by atoms with Crippen LogP contribution in [-0.4, -0.2) is 29.8 Å². The number of benzene rings is 2. The average Bonchev–Trinajstić information content (AvgIpc) is 3.45. The van der Waals surface area contributed by atoms with Crippen LogP contribution in [0.15, 0.2) is 53.3 Å². The van der Waals surface area contributed by atoms with Gasteiger partial charge in [-0.15, -0.1) is 5.10 Å². The standard InChI is InChI=1S/C25H29ClN6O/c1-3-5-11-22-23(26)31(16-6-4-2)25(33)32(22)17-18-12-14-19(15-13-18)20-9-7-8-10-21(20)24-27-29-30-28-24/h7-10,12-15H,3-6,11,16-17H2,1-2H3,(H,27,28,29,30).